The Morgan fingerprint density at radius 3 is 2.60 bits per heavy atom. The molecule has 0 aliphatic carbocycles. The predicted octanol–water partition coefficient (Wildman–Crippen LogP) is 4.42. The SMILES string of the molecule is CC1=C(C(=O)OCc2ccccc2)[C@@H](/C=C\c2ccccc2)N2C(=O)CCSC2=N1. The van der Waals surface area contributed by atoms with Gasteiger partial charge in [-0.1, -0.05) is 84.6 Å². The second-order valence-electron chi connectivity index (χ2n) is 7.03. The highest BCUT2D eigenvalue weighted by atomic mass is 32.2. The number of rotatable bonds is 5. The van der Waals surface area contributed by atoms with Crippen LogP contribution in [0, 0.1) is 0 Å². The van der Waals surface area contributed by atoms with Crippen LogP contribution < -0.4 is 0 Å². The van der Waals surface area contributed by atoms with Crippen molar-refractivity contribution < 1.29 is 14.3 Å². The number of amidine groups is 1. The Hall–Kier alpha value is -3.12. The molecular weight excluding hydrogens is 396 g/mol. The van der Waals surface area contributed by atoms with Crippen LogP contribution in [0.3, 0.4) is 0 Å². The van der Waals surface area contributed by atoms with Crippen LogP contribution in [-0.4, -0.2) is 33.7 Å². The number of esters is 1. The molecule has 1 saturated heterocycles. The zero-order chi connectivity index (χ0) is 20.9. The number of ether oxygens (including phenoxy) is 1. The molecular formula is C24H22N2O3S. The quantitative estimate of drug-likeness (QED) is 0.675. The largest absolute Gasteiger partial charge is 0.457 e. The molecule has 2 heterocycles. The Balaban J connectivity index is 1.65. The minimum atomic E-state index is -0.540. The highest BCUT2D eigenvalue weighted by Crippen LogP contribution is 2.32. The maximum absolute atomic E-state index is 13.1. The van der Waals surface area contributed by atoms with Crippen LogP contribution >= 0.6 is 11.8 Å². The monoisotopic (exact) mass is 418 g/mol. The van der Waals surface area contributed by atoms with Gasteiger partial charge >= 0.3 is 5.97 Å². The Morgan fingerprint density at radius 2 is 1.87 bits per heavy atom. The van der Waals surface area contributed by atoms with E-state index in [1.54, 1.807) is 11.8 Å². The molecule has 2 aromatic rings. The summed E-state index contributed by atoms with van der Waals surface area (Å²) in [5.41, 5.74) is 2.89. The maximum atomic E-state index is 13.1. The summed E-state index contributed by atoms with van der Waals surface area (Å²) in [7, 11) is 0. The number of nitrogens with zero attached hydrogens (tertiary/aromatic N) is 2. The molecule has 5 nitrogen and oxygen atoms in total. The molecule has 0 spiro atoms. The summed E-state index contributed by atoms with van der Waals surface area (Å²) in [4.78, 5) is 32.0. The normalized spacial score (nSPS) is 19.0. The predicted molar refractivity (Wildman–Crippen MR) is 120 cm³/mol. The minimum absolute atomic E-state index is 0.0314. The third-order valence-corrected chi connectivity index (χ3v) is 5.91. The van der Waals surface area contributed by atoms with Crippen molar-refractivity contribution >= 4 is 34.9 Å². The van der Waals surface area contributed by atoms with Crippen LogP contribution in [0.1, 0.15) is 24.5 Å². The van der Waals surface area contributed by atoms with Crippen LogP contribution in [0.5, 0.6) is 0 Å². The number of thioether (sulfide) groups is 1. The molecule has 1 amide bonds. The molecule has 1 atom stereocenters. The van der Waals surface area contributed by atoms with Gasteiger partial charge in [-0.05, 0) is 18.1 Å². The standard InChI is InChI=1S/C24H22N2O3S/c1-17-22(23(28)29-16-19-10-6-3-7-11-19)20(13-12-18-8-4-2-5-9-18)26-21(27)14-15-30-24(26)25-17/h2-13,20H,14-16H2,1H3/b13-12-/t20-/m1/s1. The van der Waals surface area contributed by atoms with E-state index < -0.39 is 12.0 Å². The van der Waals surface area contributed by atoms with Gasteiger partial charge in [0.15, 0.2) is 5.17 Å². The van der Waals surface area contributed by atoms with Crippen molar-refractivity contribution in [3.05, 3.63) is 89.1 Å². The summed E-state index contributed by atoms with van der Waals surface area (Å²) in [5, 5.41) is 0.645. The molecule has 1 fully saturated rings. The number of amides is 1. The summed E-state index contributed by atoms with van der Waals surface area (Å²) in [6.45, 7) is 1.97. The van der Waals surface area contributed by atoms with Gasteiger partial charge in [-0.15, -0.1) is 0 Å². The average molecular weight is 419 g/mol. The van der Waals surface area contributed by atoms with E-state index in [1.165, 1.54) is 11.8 Å². The Bertz CT molecular complexity index is 1030. The molecule has 6 heteroatoms. The van der Waals surface area contributed by atoms with Crippen molar-refractivity contribution in [3.63, 3.8) is 0 Å². The van der Waals surface area contributed by atoms with Crippen molar-refractivity contribution in [3.8, 4) is 0 Å². The van der Waals surface area contributed by atoms with E-state index in [1.807, 2.05) is 72.8 Å². The fourth-order valence-electron chi connectivity index (χ4n) is 3.45. The number of aliphatic imine (C=N–C) groups is 1. The van der Waals surface area contributed by atoms with Crippen molar-refractivity contribution in [2.45, 2.75) is 26.0 Å². The zero-order valence-electron chi connectivity index (χ0n) is 16.7. The molecule has 0 saturated carbocycles. The third kappa shape index (κ3) is 4.39. The first-order valence-electron chi connectivity index (χ1n) is 9.82. The number of hydrogen-bond acceptors (Lipinski definition) is 5. The van der Waals surface area contributed by atoms with E-state index in [-0.39, 0.29) is 12.5 Å². The molecule has 2 aromatic carbocycles. The van der Waals surface area contributed by atoms with Gasteiger partial charge in [0.05, 0.1) is 17.3 Å². The molecule has 2 aliphatic heterocycles. The highest BCUT2D eigenvalue weighted by molar-refractivity contribution is 8.14. The zero-order valence-corrected chi connectivity index (χ0v) is 17.5. The number of fused-ring (bicyclic) bond motifs is 1. The lowest BCUT2D eigenvalue weighted by Gasteiger charge is -2.37. The minimum Gasteiger partial charge on any atom is -0.457 e. The molecule has 4 rings (SSSR count). The van der Waals surface area contributed by atoms with Crippen LogP contribution in [0.2, 0.25) is 0 Å². The van der Waals surface area contributed by atoms with Gasteiger partial charge in [-0.25, -0.2) is 9.79 Å². The van der Waals surface area contributed by atoms with Crippen LogP contribution in [0.4, 0.5) is 0 Å². The van der Waals surface area contributed by atoms with Gasteiger partial charge in [-0.3, -0.25) is 9.69 Å². The van der Waals surface area contributed by atoms with E-state index in [9.17, 15) is 9.59 Å². The van der Waals surface area contributed by atoms with Crippen molar-refractivity contribution in [2.24, 2.45) is 4.99 Å². The molecule has 0 bridgehead atoms. The molecule has 0 radical (unpaired) electrons. The molecule has 152 valence electrons. The number of hydrogen-bond donors (Lipinski definition) is 0. The first-order chi connectivity index (χ1) is 14.6. The third-order valence-electron chi connectivity index (χ3n) is 4.95. The van der Waals surface area contributed by atoms with Gasteiger partial charge in [-0.2, -0.15) is 0 Å². The van der Waals surface area contributed by atoms with E-state index in [2.05, 4.69) is 4.99 Å². The number of carbonyl (C=O) groups is 2. The van der Waals surface area contributed by atoms with E-state index in [0.717, 1.165) is 11.1 Å². The van der Waals surface area contributed by atoms with E-state index in [4.69, 9.17) is 4.74 Å². The lowest BCUT2D eigenvalue weighted by Crippen LogP contribution is -2.49. The molecule has 0 aromatic heterocycles. The van der Waals surface area contributed by atoms with Crippen molar-refractivity contribution in [1.82, 2.24) is 4.90 Å². The van der Waals surface area contributed by atoms with Gasteiger partial charge in [0.1, 0.15) is 6.61 Å². The topological polar surface area (TPSA) is 59.0 Å². The second kappa shape index (κ2) is 9.13. The highest BCUT2D eigenvalue weighted by Gasteiger charge is 2.39. The molecule has 2 aliphatic rings. The Morgan fingerprint density at radius 1 is 1.17 bits per heavy atom. The first-order valence-corrected chi connectivity index (χ1v) is 10.8. The van der Waals surface area contributed by atoms with Crippen molar-refractivity contribution in [2.75, 3.05) is 5.75 Å². The molecule has 0 N–H and O–H groups in total. The maximum Gasteiger partial charge on any atom is 0.338 e. The summed E-state index contributed by atoms with van der Waals surface area (Å²) in [5.74, 6) is 0.214. The lowest BCUT2D eigenvalue weighted by atomic mass is 10.00. The summed E-state index contributed by atoms with van der Waals surface area (Å²) >= 11 is 1.54. The summed E-state index contributed by atoms with van der Waals surface area (Å²) in [6.07, 6.45) is 4.24. The second-order valence-corrected chi connectivity index (χ2v) is 8.09. The number of benzene rings is 2. The van der Waals surface area contributed by atoms with Crippen molar-refractivity contribution in [1.29, 1.82) is 0 Å². The van der Waals surface area contributed by atoms with Gasteiger partial charge in [0.25, 0.3) is 0 Å². The van der Waals surface area contributed by atoms with Gasteiger partial charge in [0.2, 0.25) is 5.91 Å². The fourth-order valence-corrected chi connectivity index (χ4v) is 4.47. The molecule has 30 heavy (non-hydrogen) atoms. The number of allylic oxidation sites excluding steroid dienone is 1. The Labute approximate surface area is 180 Å². The average Bonchev–Trinajstić information content (AvgIpc) is 2.77. The molecule has 0 unspecified atom stereocenters. The smallest absolute Gasteiger partial charge is 0.338 e. The van der Waals surface area contributed by atoms with Gasteiger partial charge in [0, 0.05) is 12.2 Å². The lowest BCUT2D eigenvalue weighted by molar-refractivity contribution is -0.141. The van der Waals surface area contributed by atoms with E-state index in [0.29, 0.717) is 28.6 Å². The first kappa shape index (κ1) is 20.2. The fraction of sp³-hybridized carbons (Fsp3) is 0.208. The Kier molecular flexibility index (Phi) is 6.14. The van der Waals surface area contributed by atoms with E-state index >= 15 is 0 Å². The van der Waals surface area contributed by atoms with Crippen LogP contribution in [0.25, 0.3) is 6.08 Å². The van der Waals surface area contributed by atoms with Gasteiger partial charge < -0.3 is 4.74 Å². The number of carbonyl (C=O) groups excluding carboxylic acids is 2. The summed E-state index contributed by atoms with van der Waals surface area (Å²) < 4.78 is 5.59. The van der Waals surface area contributed by atoms with Crippen LogP contribution in [-0.2, 0) is 20.9 Å². The van der Waals surface area contributed by atoms with Crippen LogP contribution in [0.15, 0.2) is 83.0 Å². The summed E-state index contributed by atoms with van der Waals surface area (Å²) in [6, 6.07) is 18.8.